The average molecular weight is 661 g/mol. The Morgan fingerprint density at radius 3 is 1.33 bits per heavy atom. The van der Waals surface area contributed by atoms with E-state index in [9.17, 15) is 39.3 Å². The minimum Gasteiger partial charge on any atom is -0.480 e. The number of carboxylic acid groups (broad SMARTS) is 3. The molecule has 16 nitrogen and oxygen atoms in total. The molecule has 0 aliphatic carbocycles. The molecule has 0 aromatic rings. The van der Waals surface area contributed by atoms with Crippen molar-refractivity contribution in [2.24, 2.45) is 11.7 Å². The first-order valence-corrected chi connectivity index (χ1v) is 11.0. The number of rotatable bonds is 11. The van der Waals surface area contributed by atoms with Gasteiger partial charge in [0.2, 0.25) is 5.91 Å². The third-order valence-electron chi connectivity index (χ3n) is 5.44. The zero-order chi connectivity index (χ0) is 26.4. The Bertz CT molecular complexity index is 714. The van der Waals surface area contributed by atoms with E-state index in [2.05, 4.69) is 0 Å². The quantitative estimate of drug-likeness (QED) is 0.0482. The van der Waals surface area contributed by atoms with Crippen molar-refractivity contribution in [3.63, 3.8) is 0 Å². The molecule has 0 unspecified atom stereocenters. The van der Waals surface area contributed by atoms with Crippen molar-refractivity contribution < 1.29 is 79.2 Å². The van der Waals surface area contributed by atoms with E-state index in [1.807, 2.05) is 10.9 Å². The van der Waals surface area contributed by atoms with Crippen molar-refractivity contribution >= 4 is 29.7 Å². The fourth-order valence-electron chi connectivity index (χ4n) is 3.66. The summed E-state index contributed by atoms with van der Waals surface area (Å²) in [5, 5.41) is 27.8. The molecule has 0 atom stereocenters. The van der Waals surface area contributed by atoms with Crippen LogP contribution in [0.1, 0.15) is 12.8 Å². The number of nitrogens with one attached hydrogen (secondary N) is 2. The molecule has 2 amide bonds. The van der Waals surface area contributed by atoms with Gasteiger partial charge in [0.1, 0.15) is 5.91 Å². The predicted octanol–water partition coefficient (Wildman–Crippen LogP) is -4.25. The number of nitrogens with two attached hydrogens (primary N) is 2. The van der Waals surface area contributed by atoms with Gasteiger partial charge in [0.15, 0.2) is 0 Å². The Hall–Kier alpha value is -1.70. The van der Waals surface area contributed by atoms with Crippen LogP contribution in [-0.2, 0) is 24.0 Å². The largest absolute Gasteiger partial charge is 0.480 e. The van der Waals surface area contributed by atoms with Crippen LogP contribution < -0.4 is 22.5 Å². The number of hydrazine groups is 2. The van der Waals surface area contributed by atoms with Crippen molar-refractivity contribution in [1.29, 1.82) is 0 Å². The molecule has 0 bridgehead atoms. The summed E-state index contributed by atoms with van der Waals surface area (Å²) < 4.78 is 0. The zero-order valence-electron chi connectivity index (χ0n) is 19.9. The maximum absolute atomic E-state index is 12.5. The fourth-order valence-corrected chi connectivity index (χ4v) is 3.66. The van der Waals surface area contributed by atoms with Crippen LogP contribution >= 0.6 is 0 Å². The summed E-state index contributed by atoms with van der Waals surface area (Å²) in [7, 11) is 0. The molecule has 1 aliphatic rings. The summed E-state index contributed by atoms with van der Waals surface area (Å²) in [6.45, 7) is 0.871. The molecule has 1 aliphatic heterocycles. The number of hydrogen-bond acceptors (Lipinski definition) is 11. The first-order chi connectivity index (χ1) is 16.5. The normalized spacial score (nSPS) is 17.1. The maximum Gasteiger partial charge on any atom is 0.317 e. The topological polar surface area (TPSA) is 235 Å². The monoisotopic (exact) mass is 661 g/mol. The molecular formula is C19H35GdN8O8-. The van der Waals surface area contributed by atoms with Crippen molar-refractivity contribution in [3.8, 4) is 0 Å². The second-order valence-corrected chi connectivity index (χ2v) is 7.98. The van der Waals surface area contributed by atoms with Gasteiger partial charge in [0.25, 0.3) is 0 Å². The van der Waals surface area contributed by atoms with Crippen LogP contribution in [0.25, 0.3) is 0 Å². The number of carbonyl (C=O) groups excluding carboxylic acids is 2. The van der Waals surface area contributed by atoms with Crippen molar-refractivity contribution in [2.45, 2.75) is 12.8 Å². The first kappa shape index (κ1) is 34.3. The molecule has 0 aromatic carbocycles. The van der Waals surface area contributed by atoms with E-state index < -0.39 is 29.7 Å². The summed E-state index contributed by atoms with van der Waals surface area (Å²) in [6, 6.07) is 0.172. The van der Waals surface area contributed by atoms with Gasteiger partial charge < -0.3 is 30.4 Å². The van der Waals surface area contributed by atoms with Gasteiger partial charge in [-0.05, 0) is 13.1 Å². The van der Waals surface area contributed by atoms with Gasteiger partial charge in [-0.2, -0.15) is 0 Å². The number of nitrogens with zero attached hydrogens (tertiary/aromatic N) is 4. The third-order valence-corrected chi connectivity index (χ3v) is 5.44. The van der Waals surface area contributed by atoms with E-state index in [4.69, 9.17) is 11.7 Å². The van der Waals surface area contributed by atoms with Gasteiger partial charge in [0.05, 0.1) is 19.6 Å². The van der Waals surface area contributed by atoms with Gasteiger partial charge in [0, 0.05) is 85.6 Å². The average Bonchev–Trinajstić information content (AvgIpc) is 2.78. The zero-order valence-corrected chi connectivity index (χ0v) is 22.1. The number of amides is 2. The van der Waals surface area contributed by atoms with E-state index >= 15 is 0 Å². The van der Waals surface area contributed by atoms with Crippen LogP contribution in [-0.4, -0.2) is 137 Å². The molecule has 1 heterocycles. The standard InChI is InChI=1S/C19H35N8O8.Gd/c20-22-15(28)2-1-14(19(35)23-21)27-9-7-25(12-17(31)32)5-3-24(11-16(29)30)4-6-26(8-10-27)13-18(33)34;/h1-13,20-21H2,(H,22,28)(H,23,35)(H,29,30)(H,31,32)(H,33,34);/q-1;. The third kappa shape index (κ3) is 14.1. The summed E-state index contributed by atoms with van der Waals surface area (Å²) in [5.41, 5.74) is 4.03. The number of carbonyl (C=O) groups is 5. The second kappa shape index (κ2) is 18.5. The minimum absolute atomic E-state index is 0. The molecule has 9 N–H and O–H groups in total. The van der Waals surface area contributed by atoms with Gasteiger partial charge >= 0.3 is 17.9 Å². The Labute approximate surface area is 240 Å². The molecule has 17 heteroatoms. The van der Waals surface area contributed by atoms with E-state index in [0.29, 0.717) is 0 Å². The van der Waals surface area contributed by atoms with Crippen molar-refractivity contribution in [2.75, 3.05) is 72.0 Å². The van der Waals surface area contributed by atoms with Gasteiger partial charge in [-0.3, -0.25) is 45.1 Å². The molecule has 0 radical (unpaired) electrons. The molecule has 208 valence electrons. The van der Waals surface area contributed by atoms with Gasteiger partial charge in [-0.15, -0.1) is 6.42 Å². The molecular weight excluding hydrogens is 626 g/mol. The van der Waals surface area contributed by atoms with Crippen LogP contribution in [0.5, 0.6) is 0 Å². The molecule has 1 fully saturated rings. The molecule has 0 spiro atoms. The predicted molar refractivity (Wildman–Crippen MR) is 121 cm³/mol. The van der Waals surface area contributed by atoms with Crippen LogP contribution in [0.15, 0.2) is 0 Å². The Morgan fingerprint density at radius 1 is 0.667 bits per heavy atom. The maximum atomic E-state index is 12.5. The summed E-state index contributed by atoms with van der Waals surface area (Å²) in [4.78, 5) is 64.6. The molecule has 1 saturated heterocycles. The molecule has 36 heavy (non-hydrogen) atoms. The van der Waals surface area contributed by atoms with Crippen LogP contribution in [0, 0.1) is 46.0 Å². The number of carboxylic acids is 3. The Balaban J connectivity index is 0.0000122. The fraction of sp³-hybridized carbons (Fsp3) is 0.684. The smallest absolute Gasteiger partial charge is 0.317 e. The van der Waals surface area contributed by atoms with E-state index in [1.165, 1.54) is 0 Å². The van der Waals surface area contributed by atoms with Crippen molar-refractivity contribution in [3.05, 3.63) is 6.04 Å². The SMILES string of the molecule is NNC(=O)CC[C-](C(=O)NN)N1CCN(CC(=O)O)CCN(CC(=O)O)CCN(CC(=O)O)CC1.[Gd]. The summed E-state index contributed by atoms with van der Waals surface area (Å²) in [5.74, 6) is 6.13. The first-order valence-electron chi connectivity index (χ1n) is 11.0. The summed E-state index contributed by atoms with van der Waals surface area (Å²) >= 11 is 0. The van der Waals surface area contributed by atoms with Crippen LogP contribution in [0.4, 0.5) is 0 Å². The van der Waals surface area contributed by atoms with E-state index in [0.717, 1.165) is 0 Å². The number of hydrogen-bond donors (Lipinski definition) is 7. The van der Waals surface area contributed by atoms with Gasteiger partial charge in [-0.1, -0.05) is 0 Å². The minimum atomic E-state index is -1.07. The molecule has 1 rings (SSSR count). The van der Waals surface area contributed by atoms with Crippen LogP contribution in [0.3, 0.4) is 0 Å². The second-order valence-electron chi connectivity index (χ2n) is 7.98. The van der Waals surface area contributed by atoms with Crippen molar-refractivity contribution in [1.82, 2.24) is 30.5 Å². The number of aliphatic carboxylic acids is 3. The van der Waals surface area contributed by atoms with Crippen LogP contribution in [0.2, 0.25) is 0 Å². The Kier molecular flexibility index (Phi) is 17.7. The molecule has 0 saturated carbocycles. The van der Waals surface area contributed by atoms with E-state index in [-0.39, 0.29) is 131 Å². The Morgan fingerprint density at radius 2 is 1.03 bits per heavy atom. The van der Waals surface area contributed by atoms with E-state index in [1.54, 1.807) is 19.6 Å². The summed E-state index contributed by atoms with van der Waals surface area (Å²) in [6.07, 6.45) is -0.103. The van der Waals surface area contributed by atoms with Gasteiger partial charge in [-0.25, -0.2) is 11.9 Å². The molecule has 0 aromatic heterocycles.